The summed E-state index contributed by atoms with van der Waals surface area (Å²) in [6.07, 6.45) is 5.02. The molecule has 0 bridgehead atoms. The van der Waals surface area contributed by atoms with Gasteiger partial charge in [0.25, 0.3) is 5.91 Å². The van der Waals surface area contributed by atoms with Crippen molar-refractivity contribution in [2.24, 2.45) is 0 Å². The van der Waals surface area contributed by atoms with E-state index in [1.165, 1.54) is 17.3 Å². The van der Waals surface area contributed by atoms with E-state index < -0.39 is 23.4 Å². The van der Waals surface area contributed by atoms with Crippen LogP contribution in [0.15, 0.2) is 60.8 Å². The lowest BCUT2D eigenvalue weighted by atomic mass is 9.83. The van der Waals surface area contributed by atoms with Crippen LogP contribution in [0.4, 0.5) is 16.0 Å². The molecule has 0 radical (unpaired) electrons. The predicted octanol–water partition coefficient (Wildman–Crippen LogP) is 6.50. The number of nitrogens with one attached hydrogen (secondary N) is 2. The molecule has 0 spiro atoms. The highest BCUT2D eigenvalue weighted by molar-refractivity contribution is 6.33. The molecule has 15 heteroatoms. The topological polar surface area (TPSA) is 149 Å². The van der Waals surface area contributed by atoms with Crippen molar-refractivity contribution in [3.8, 4) is 11.3 Å². The molecule has 3 amide bonds. The molecule has 0 aliphatic carbocycles. The van der Waals surface area contributed by atoms with Crippen molar-refractivity contribution in [2.75, 3.05) is 36.4 Å². The van der Waals surface area contributed by atoms with E-state index in [4.69, 9.17) is 16.6 Å². The van der Waals surface area contributed by atoms with Gasteiger partial charge in [0, 0.05) is 74.6 Å². The van der Waals surface area contributed by atoms with Gasteiger partial charge in [-0.25, -0.2) is 19.3 Å². The molecule has 0 saturated carbocycles. The fourth-order valence-electron chi connectivity index (χ4n) is 9.47. The molecule has 1 atom stereocenters. The van der Waals surface area contributed by atoms with Gasteiger partial charge in [0.2, 0.25) is 17.8 Å². The number of aromatic nitrogens is 4. The van der Waals surface area contributed by atoms with Crippen LogP contribution in [-0.4, -0.2) is 90.4 Å². The Morgan fingerprint density at radius 3 is 2.45 bits per heavy atom. The second-order valence-corrected chi connectivity index (χ2v) is 17.4. The number of imidazole rings is 1. The van der Waals surface area contributed by atoms with Crippen molar-refractivity contribution in [3.63, 3.8) is 0 Å². The molecule has 13 nitrogen and oxygen atoms in total. The summed E-state index contributed by atoms with van der Waals surface area (Å²) in [6.45, 7) is 10.2. The van der Waals surface area contributed by atoms with Gasteiger partial charge in [0.15, 0.2) is 5.82 Å². The number of carbonyl (C=O) groups is 3. The summed E-state index contributed by atoms with van der Waals surface area (Å²) in [7, 11) is 0. The summed E-state index contributed by atoms with van der Waals surface area (Å²) in [6, 6.07) is 17.2. The molecule has 3 fully saturated rings. The maximum Gasteiger partial charge on any atom is 0.255 e. The number of hydrogen-bond acceptors (Lipinski definition) is 10. The third kappa shape index (κ3) is 7.60. The van der Waals surface area contributed by atoms with Crippen LogP contribution < -0.4 is 15.5 Å². The second-order valence-electron chi connectivity index (χ2n) is 17.0. The number of piperidine rings is 3. The summed E-state index contributed by atoms with van der Waals surface area (Å²) in [5.74, 6) is -0.149. The molecule has 1 unspecified atom stereocenters. The van der Waals surface area contributed by atoms with E-state index in [0.717, 1.165) is 62.5 Å². The summed E-state index contributed by atoms with van der Waals surface area (Å²) in [5, 5.41) is 18.0. The van der Waals surface area contributed by atoms with Crippen molar-refractivity contribution in [2.45, 2.75) is 96.1 Å². The molecule has 3 N–H and O–H groups in total. The number of halogens is 2. The van der Waals surface area contributed by atoms with Gasteiger partial charge in [-0.1, -0.05) is 35.9 Å². The Bertz CT molecular complexity index is 2490. The average molecular weight is 834 g/mol. The van der Waals surface area contributed by atoms with Gasteiger partial charge < -0.3 is 24.8 Å². The lowest BCUT2D eigenvalue weighted by Gasteiger charge is -2.39. The van der Waals surface area contributed by atoms with Crippen LogP contribution in [0, 0.1) is 12.7 Å². The van der Waals surface area contributed by atoms with Crippen LogP contribution in [0.1, 0.15) is 91.3 Å². The summed E-state index contributed by atoms with van der Waals surface area (Å²) >= 11 is 6.58. The molecule has 9 rings (SSSR count). The van der Waals surface area contributed by atoms with E-state index in [-0.39, 0.29) is 36.9 Å². The number of rotatable bonds is 9. The van der Waals surface area contributed by atoms with E-state index in [0.29, 0.717) is 58.1 Å². The van der Waals surface area contributed by atoms with Crippen LogP contribution in [-0.2, 0) is 28.3 Å². The first-order chi connectivity index (χ1) is 28.8. The molecule has 3 saturated heterocycles. The normalized spacial score (nSPS) is 20.0. The fraction of sp³-hybridized carbons (Fsp3) is 0.422. The Balaban J connectivity index is 0.770. The zero-order valence-corrected chi connectivity index (χ0v) is 34.8. The highest BCUT2D eigenvalue weighted by Gasteiger charge is 2.41. The smallest absolute Gasteiger partial charge is 0.255 e. The number of benzene rings is 3. The molecule has 6 heterocycles. The minimum Gasteiger partial charge on any atom is -0.385 e. The number of hydrogen-bond donors (Lipinski definition) is 3. The van der Waals surface area contributed by atoms with Gasteiger partial charge in [-0.15, -0.1) is 0 Å². The number of likely N-dealkylation sites (tertiary alicyclic amines) is 1. The SMILES string of the molecule is Cc1nc2c(F)cc(-c3nc(NC4CCN(c5ccc(CN6CCC(O)(c7ccc8c(c7)CN(C7CCC(=O)NC7=O)C8=O)CC6)cc5)CC4)ncc3Cl)cc2n1C(C)C. The van der Waals surface area contributed by atoms with Crippen LogP contribution in [0.2, 0.25) is 5.02 Å². The first-order valence-electron chi connectivity index (χ1n) is 20.9. The Morgan fingerprint density at radius 2 is 1.73 bits per heavy atom. The minimum absolute atomic E-state index is 0.113. The van der Waals surface area contributed by atoms with Crippen LogP contribution >= 0.6 is 11.6 Å². The highest BCUT2D eigenvalue weighted by Crippen LogP contribution is 2.38. The molecule has 3 aromatic carbocycles. The highest BCUT2D eigenvalue weighted by atomic mass is 35.5. The van der Waals surface area contributed by atoms with Gasteiger partial charge in [0.05, 0.1) is 28.0 Å². The number of imide groups is 1. The third-order valence-electron chi connectivity index (χ3n) is 12.7. The summed E-state index contributed by atoms with van der Waals surface area (Å²) in [4.78, 5) is 57.2. The molecule has 312 valence electrons. The number of aliphatic hydroxyl groups is 1. The molecule has 60 heavy (non-hydrogen) atoms. The van der Waals surface area contributed by atoms with E-state index in [9.17, 15) is 19.5 Å². The molecule has 2 aromatic heterocycles. The number of anilines is 2. The monoisotopic (exact) mass is 833 g/mol. The number of aryl methyl sites for hydroxylation is 1. The average Bonchev–Trinajstić information content (AvgIpc) is 3.75. The van der Waals surface area contributed by atoms with Crippen molar-refractivity contribution in [3.05, 3.63) is 99.7 Å². The maximum atomic E-state index is 15.3. The third-order valence-corrected chi connectivity index (χ3v) is 13.0. The molecule has 5 aromatic rings. The van der Waals surface area contributed by atoms with Gasteiger partial charge in [-0.3, -0.25) is 24.6 Å². The first kappa shape index (κ1) is 40.0. The maximum absolute atomic E-state index is 15.3. The van der Waals surface area contributed by atoms with Crippen LogP contribution in [0.3, 0.4) is 0 Å². The summed E-state index contributed by atoms with van der Waals surface area (Å²) < 4.78 is 17.3. The molecular weight excluding hydrogens is 785 g/mol. The first-order valence-corrected chi connectivity index (χ1v) is 21.3. The Hall–Kier alpha value is -5.44. The lowest BCUT2D eigenvalue weighted by molar-refractivity contribution is -0.136. The van der Waals surface area contributed by atoms with Crippen molar-refractivity contribution < 1.29 is 23.9 Å². The van der Waals surface area contributed by atoms with E-state index in [2.05, 4.69) is 54.7 Å². The quantitative estimate of drug-likeness (QED) is 0.141. The molecule has 4 aliphatic heterocycles. The molecular formula is C45H49ClFN9O4. The van der Waals surface area contributed by atoms with Gasteiger partial charge in [0.1, 0.15) is 17.4 Å². The number of amides is 3. The minimum atomic E-state index is -1.00. The number of fused-ring (bicyclic) bond motifs is 2. The van der Waals surface area contributed by atoms with Crippen molar-refractivity contribution in [1.29, 1.82) is 0 Å². The zero-order valence-electron chi connectivity index (χ0n) is 34.0. The van der Waals surface area contributed by atoms with Gasteiger partial charge >= 0.3 is 0 Å². The molecule has 4 aliphatic rings. The van der Waals surface area contributed by atoms with Crippen LogP contribution in [0.25, 0.3) is 22.3 Å². The standard InChI is InChI=1S/C45H49ClFN9O4/c1-26(2)56-27(3)49-41-36(47)21-29(22-38(41)56)40-35(46)23-48-44(52-40)50-32-12-16-54(17-13-32)33-7-4-28(5-8-33)24-53-18-14-45(60,15-19-53)31-6-9-34-30(20-31)25-55(43(34)59)37-10-11-39(57)51-42(37)58/h4-9,20-23,26,32,37,60H,10-19,24-25H2,1-3H3,(H,48,50,52)(H,51,57,58). The van der Waals surface area contributed by atoms with E-state index in [1.807, 2.05) is 43.5 Å². The largest absolute Gasteiger partial charge is 0.385 e. The number of carbonyl (C=O) groups excluding carboxylic acids is 3. The van der Waals surface area contributed by atoms with Gasteiger partial charge in [-0.05, 0) is 99.9 Å². The second kappa shape index (κ2) is 15.9. The van der Waals surface area contributed by atoms with Gasteiger partial charge in [-0.2, -0.15) is 0 Å². The fourth-order valence-corrected chi connectivity index (χ4v) is 9.67. The van der Waals surface area contributed by atoms with Crippen LogP contribution in [0.5, 0.6) is 0 Å². The summed E-state index contributed by atoms with van der Waals surface area (Å²) in [5.41, 5.74) is 5.63. The lowest BCUT2D eigenvalue weighted by Crippen LogP contribution is -2.52. The zero-order chi connectivity index (χ0) is 41.9. The van der Waals surface area contributed by atoms with E-state index >= 15 is 4.39 Å². The Kier molecular flexibility index (Phi) is 10.6. The predicted molar refractivity (Wildman–Crippen MR) is 227 cm³/mol. The van der Waals surface area contributed by atoms with Crippen molar-refractivity contribution >= 4 is 52.0 Å². The van der Waals surface area contributed by atoms with E-state index in [1.54, 1.807) is 17.2 Å². The Labute approximate surface area is 352 Å². The number of nitrogens with zero attached hydrogens (tertiary/aromatic N) is 7. The van der Waals surface area contributed by atoms with Crippen molar-refractivity contribution in [1.82, 2.24) is 34.6 Å². The Morgan fingerprint density at radius 1 is 0.983 bits per heavy atom.